The lowest BCUT2D eigenvalue weighted by molar-refractivity contribution is -0.153. The number of hydrazine groups is 1. The molecule has 1 unspecified atom stereocenters. The van der Waals surface area contributed by atoms with Crippen LogP contribution in [-0.2, 0) is 30.9 Å². The number of ether oxygens (including phenoxy) is 1. The van der Waals surface area contributed by atoms with Gasteiger partial charge in [0, 0.05) is 24.9 Å². The number of carbonyl (C=O) groups is 3. The minimum atomic E-state index is -4.88. The van der Waals surface area contributed by atoms with Gasteiger partial charge in [-0.1, -0.05) is 36.2 Å². The molecule has 0 aliphatic carbocycles. The summed E-state index contributed by atoms with van der Waals surface area (Å²) in [7, 11) is -3.66. The van der Waals surface area contributed by atoms with E-state index in [-0.39, 0.29) is 53.5 Å². The van der Waals surface area contributed by atoms with Gasteiger partial charge in [-0.25, -0.2) is 22.2 Å². The maximum absolute atomic E-state index is 14.2. The highest BCUT2D eigenvalue weighted by Crippen LogP contribution is 2.42. The molecule has 11 nitrogen and oxygen atoms in total. The zero-order chi connectivity index (χ0) is 35.5. The maximum atomic E-state index is 14.2. The number of rotatable bonds is 11. The van der Waals surface area contributed by atoms with Crippen molar-refractivity contribution in [1.29, 1.82) is 0 Å². The van der Waals surface area contributed by atoms with E-state index in [1.807, 2.05) is 0 Å². The highest BCUT2D eigenvalue weighted by atomic mass is 35.5. The summed E-state index contributed by atoms with van der Waals surface area (Å²) < 4.78 is 100. The molecule has 1 saturated heterocycles. The molecule has 2 aromatic rings. The number of amides is 2. The number of halogens is 7. The van der Waals surface area contributed by atoms with Gasteiger partial charge in [-0.15, -0.1) is 11.3 Å². The molecule has 1 atom stereocenters. The molecule has 3 N–H and O–H groups in total. The molecule has 1 aliphatic heterocycles. The first-order chi connectivity index (χ1) is 21.6. The van der Waals surface area contributed by atoms with Crippen LogP contribution in [0, 0.1) is 5.41 Å². The predicted molar refractivity (Wildman–Crippen MR) is 164 cm³/mol. The Morgan fingerprint density at radius 2 is 1.81 bits per heavy atom. The van der Waals surface area contributed by atoms with Crippen molar-refractivity contribution in [2.45, 2.75) is 76.0 Å². The van der Waals surface area contributed by atoms with Crippen LogP contribution in [0.5, 0.6) is 0 Å². The molecular weight excluding hydrogens is 720 g/mol. The Morgan fingerprint density at radius 1 is 1.15 bits per heavy atom. The van der Waals surface area contributed by atoms with Gasteiger partial charge in [-0.05, 0) is 39.3 Å². The molecular formula is C27H32Cl2F5N5O6S2. The SMILES string of the molecule is CCC(NS(=O)(=O)c1ccc(-c2sc(C(=O)NNC(=O)CC(C)(C)C(=O)OC)nc2CN2CCCC(F)(F)C2)c(Cl)c1Cl)C(F)(F)F. The first-order valence-corrected chi connectivity index (χ1v) is 17.0. The summed E-state index contributed by atoms with van der Waals surface area (Å²) in [6, 6.07) is -0.320. The minimum Gasteiger partial charge on any atom is -0.469 e. The van der Waals surface area contributed by atoms with Crippen molar-refractivity contribution in [2.24, 2.45) is 5.41 Å². The van der Waals surface area contributed by atoms with Gasteiger partial charge >= 0.3 is 12.1 Å². The molecule has 0 saturated carbocycles. The monoisotopic (exact) mass is 751 g/mol. The number of likely N-dealkylation sites (tertiary alicyclic amines) is 1. The number of esters is 1. The van der Waals surface area contributed by atoms with E-state index in [2.05, 4.69) is 20.6 Å². The number of methoxy groups -OCH3 is 1. The number of nitrogens with one attached hydrogen (secondary N) is 3. The number of aromatic nitrogens is 1. The molecule has 1 fully saturated rings. The van der Waals surface area contributed by atoms with Gasteiger partial charge in [0.05, 0.1) is 39.7 Å². The Hall–Kier alpha value is -2.64. The van der Waals surface area contributed by atoms with E-state index in [0.29, 0.717) is 11.3 Å². The third-order valence-electron chi connectivity index (χ3n) is 7.07. The molecule has 0 radical (unpaired) electrons. The molecule has 20 heteroatoms. The molecule has 1 aliphatic rings. The molecule has 2 heterocycles. The number of benzene rings is 1. The fourth-order valence-corrected chi connectivity index (χ4v) is 7.91. The lowest BCUT2D eigenvalue weighted by Crippen LogP contribution is -2.44. The summed E-state index contributed by atoms with van der Waals surface area (Å²) in [5.74, 6) is -5.29. The van der Waals surface area contributed by atoms with Crippen molar-refractivity contribution in [3.8, 4) is 10.4 Å². The molecule has 3 rings (SSSR count). The second kappa shape index (κ2) is 14.9. The smallest absolute Gasteiger partial charge is 0.404 e. The van der Waals surface area contributed by atoms with Crippen LogP contribution in [0.1, 0.15) is 62.0 Å². The highest BCUT2D eigenvalue weighted by Gasteiger charge is 2.42. The summed E-state index contributed by atoms with van der Waals surface area (Å²) >= 11 is 13.4. The maximum Gasteiger partial charge on any atom is 0.404 e. The Morgan fingerprint density at radius 3 is 2.38 bits per heavy atom. The van der Waals surface area contributed by atoms with Gasteiger partial charge in [0.1, 0.15) is 10.9 Å². The number of alkyl halides is 5. The van der Waals surface area contributed by atoms with Crippen LogP contribution < -0.4 is 15.6 Å². The van der Waals surface area contributed by atoms with Crippen LogP contribution in [0.4, 0.5) is 22.0 Å². The van der Waals surface area contributed by atoms with E-state index < -0.39 is 79.3 Å². The van der Waals surface area contributed by atoms with E-state index in [4.69, 9.17) is 23.2 Å². The molecule has 0 bridgehead atoms. The summed E-state index contributed by atoms with van der Waals surface area (Å²) in [5, 5.41) is -1.29. The van der Waals surface area contributed by atoms with E-state index >= 15 is 0 Å². The topological polar surface area (TPSA) is 147 Å². The van der Waals surface area contributed by atoms with Crippen molar-refractivity contribution in [2.75, 3.05) is 20.2 Å². The Balaban J connectivity index is 1.97. The molecule has 47 heavy (non-hydrogen) atoms. The Bertz CT molecular complexity index is 1620. The molecule has 262 valence electrons. The summed E-state index contributed by atoms with van der Waals surface area (Å²) in [6.07, 6.45) is -5.96. The molecule has 2 amide bonds. The van der Waals surface area contributed by atoms with Crippen molar-refractivity contribution in [1.82, 2.24) is 25.5 Å². The van der Waals surface area contributed by atoms with E-state index in [1.165, 1.54) is 18.7 Å². The average Bonchev–Trinajstić information content (AvgIpc) is 3.37. The zero-order valence-electron chi connectivity index (χ0n) is 25.5. The Kier molecular flexibility index (Phi) is 12.3. The van der Waals surface area contributed by atoms with Crippen LogP contribution in [0.25, 0.3) is 10.4 Å². The molecule has 1 aromatic heterocycles. The second-order valence-corrected chi connectivity index (χ2v) is 14.8. The number of sulfonamides is 1. The Labute approximate surface area is 281 Å². The summed E-state index contributed by atoms with van der Waals surface area (Å²) in [5.41, 5.74) is 3.23. The standard InChI is InChI=1S/C27H32Cl2F5N5O6S2/c1-5-17(27(32,33)34)38-47(43,44)16-8-7-14(19(28)20(16)29)21-15(12-39-10-6-9-26(30,31)13-39)35-23(46-21)22(41)37-36-18(40)11-25(2,3)24(42)45-4/h7-8,17,38H,5-6,9-13H2,1-4H3,(H,36,40)(H,37,41). The van der Waals surface area contributed by atoms with Crippen LogP contribution >= 0.6 is 34.5 Å². The molecule has 0 spiro atoms. The van der Waals surface area contributed by atoms with Crippen molar-refractivity contribution in [3.63, 3.8) is 0 Å². The number of thiazole rings is 1. The third-order valence-corrected chi connectivity index (χ3v) is 10.7. The lowest BCUT2D eigenvalue weighted by Gasteiger charge is -2.32. The number of hydrogen-bond acceptors (Lipinski definition) is 9. The van der Waals surface area contributed by atoms with Crippen LogP contribution in [0.2, 0.25) is 10.0 Å². The molecule has 1 aromatic carbocycles. The number of piperidine rings is 1. The highest BCUT2D eigenvalue weighted by molar-refractivity contribution is 7.89. The predicted octanol–water partition coefficient (Wildman–Crippen LogP) is 5.32. The van der Waals surface area contributed by atoms with Crippen LogP contribution in [0.3, 0.4) is 0 Å². The second-order valence-electron chi connectivity index (χ2n) is 11.4. The normalized spacial score (nSPS) is 16.4. The van der Waals surface area contributed by atoms with E-state index in [9.17, 15) is 44.8 Å². The number of hydrogen-bond donors (Lipinski definition) is 3. The van der Waals surface area contributed by atoms with Crippen molar-refractivity contribution in [3.05, 3.63) is 32.9 Å². The van der Waals surface area contributed by atoms with Gasteiger partial charge in [-0.3, -0.25) is 30.1 Å². The van der Waals surface area contributed by atoms with Crippen molar-refractivity contribution < 1.29 is 49.5 Å². The summed E-state index contributed by atoms with van der Waals surface area (Å²) in [4.78, 5) is 42.4. The van der Waals surface area contributed by atoms with Gasteiger partial charge in [0.25, 0.3) is 11.8 Å². The van der Waals surface area contributed by atoms with Gasteiger partial charge < -0.3 is 4.74 Å². The quantitative estimate of drug-likeness (QED) is 0.159. The fraction of sp³-hybridized carbons (Fsp3) is 0.556. The first-order valence-electron chi connectivity index (χ1n) is 14.0. The lowest BCUT2D eigenvalue weighted by atomic mass is 9.89. The zero-order valence-corrected chi connectivity index (χ0v) is 28.6. The average molecular weight is 753 g/mol. The van der Waals surface area contributed by atoms with Crippen LogP contribution in [0.15, 0.2) is 17.0 Å². The van der Waals surface area contributed by atoms with E-state index in [0.717, 1.165) is 26.2 Å². The van der Waals surface area contributed by atoms with Crippen molar-refractivity contribution >= 4 is 62.3 Å². The van der Waals surface area contributed by atoms with Gasteiger partial charge in [-0.2, -0.15) is 17.9 Å². The van der Waals surface area contributed by atoms with Crippen LogP contribution in [-0.4, -0.2) is 74.4 Å². The fourth-order valence-electron chi connectivity index (χ4n) is 4.68. The largest absolute Gasteiger partial charge is 0.469 e. The van der Waals surface area contributed by atoms with E-state index in [1.54, 1.807) is 4.72 Å². The summed E-state index contributed by atoms with van der Waals surface area (Å²) in [6.45, 7) is 3.55. The van der Waals surface area contributed by atoms with Gasteiger partial charge in [0.15, 0.2) is 5.01 Å². The number of carbonyl (C=O) groups excluding carboxylic acids is 3. The first kappa shape index (κ1) is 38.8. The number of nitrogens with zero attached hydrogens (tertiary/aromatic N) is 2. The minimum absolute atomic E-state index is 0.0256. The van der Waals surface area contributed by atoms with Gasteiger partial charge in [0.2, 0.25) is 15.9 Å². The third kappa shape index (κ3) is 9.72.